The van der Waals surface area contributed by atoms with Crippen molar-refractivity contribution in [1.82, 2.24) is 10.2 Å². The number of hydrogen-bond acceptors (Lipinski definition) is 4. The molecule has 0 unspecified atom stereocenters. The van der Waals surface area contributed by atoms with E-state index in [0.29, 0.717) is 0 Å². The van der Waals surface area contributed by atoms with Crippen LogP contribution in [0.2, 0.25) is 0 Å². The molecule has 1 aliphatic carbocycles. The molecule has 30 heavy (non-hydrogen) atoms. The second kappa shape index (κ2) is 8.31. The minimum Gasteiger partial charge on any atom is -0.369 e. The van der Waals surface area contributed by atoms with Crippen molar-refractivity contribution < 1.29 is 4.79 Å². The summed E-state index contributed by atoms with van der Waals surface area (Å²) in [7, 11) is 0. The number of anilines is 2. The minimum absolute atomic E-state index is 0.0974. The number of rotatable bonds is 4. The number of amides is 1. The van der Waals surface area contributed by atoms with E-state index in [0.717, 1.165) is 63.4 Å². The molecule has 2 aromatic carbocycles. The van der Waals surface area contributed by atoms with Crippen LogP contribution in [0, 0.1) is 0 Å². The summed E-state index contributed by atoms with van der Waals surface area (Å²) >= 11 is 0. The molecule has 2 heterocycles. The molecule has 1 N–H and O–H groups in total. The molecule has 2 aromatic rings. The van der Waals surface area contributed by atoms with E-state index in [1.807, 2.05) is 12.1 Å². The zero-order valence-corrected chi connectivity index (χ0v) is 17.7. The summed E-state index contributed by atoms with van der Waals surface area (Å²) in [6, 6.07) is 18.9. The SMILES string of the molecule is O=C1NC2(CCCCC2)N(CCN2CCN(c3ccccc3)CC2)c2ccccc21. The predicted molar refractivity (Wildman–Crippen MR) is 122 cm³/mol. The Morgan fingerprint density at radius 2 is 1.50 bits per heavy atom. The van der Waals surface area contributed by atoms with Crippen molar-refractivity contribution in [2.75, 3.05) is 49.1 Å². The molecule has 3 aliphatic rings. The second-order valence-corrected chi connectivity index (χ2v) is 8.88. The van der Waals surface area contributed by atoms with Crippen LogP contribution in [-0.2, 0) is 0 Å². The van der Waals surface area contributed by atoms with E-state index < -0.39 is 0 Å². The van der Waals surface area contributed by atoms with Gasteiger partial charge in [0.25, 0.3) is 5.91 Å². The summed E-state index contributed by atoms with van der Waals surface area (Å²) in [5.41, 5.74) is 3.06. The van der Waals surface area contributed by atoms with Crippen LogP contribution in [0.15, 0.2) is 54.6 Å². The molecule has 0 atom stereocenters. The highest BCUT2D eigenvalue weighted by Crippen LogP contribution is 2.39. The van der Waals surface area contributed by atoms with Crippen LogP contribution in [0.25, 0.3) is 0 Å². The fourth-order valence-corrected chi connectivity index (χ4v) is 5.45. The standard InChI is InChI=1S/C25H32N4O/c30-24-22-11-5-6-12-23(22)29(25(26-24)13-7-2-8-14-25)20-17-27-15-18-28(19-16-27)21-9-3-1-4-10-21/h1,3-6,9-12H,2,7-8,13-20H2,(H,26,30). The highest BCUT2D eigenvalue weighted by atomic mass is 16.2. The number of hydrogen-bond donors (Lipinski definition) is 1. The van der Waals surface area contributed by atoms with Gasteiger partial charge in [0.15, 0.2) is 0 Å². The molecule has 158 valence electrons. The fraction of sp³-hybridized carbons (Fsp3) is 0.480. The van der Waals surface area contributed by atoms with Crippen molar-refractivity contribution in [2.24, 2.45) is 0 Å². The maximum absolute atomic E-state index is 12.8. The monoisotopic (exact) mass is 404 g/mol. The van der Waals surface area contributed by atoms with Gasteiger partial charge in [-0.2, -0.15) is 0 Å². The summed E-state index contributed by atoms with van der Waals surface area (Å²) in [5, 5.41) is 3.41. The van der Waals surface area contributed by atoms with Crippen molar-refractivity contribution in [3.63, 3.8) is 0 Å². The van der Waals surface area contributed by atoms with E-state index >= 15 is 0 Å². The van der Waals surface area contributed by atoms with Crippen molar-refractivity contribution in [3.05, 3.63) is 60.2 Å². The average molecular weight is 405 g/mol. The predicted octanol–water partition coefficient (Wildman–Crippen LogP) is 3.72. The highest BCUT2D eigenvalue weighted by Gasteiger charge is 2.44. The first-order valence-electron chi connectivity index (χ1n) is 11.5. The van der Waals surface area contributed by atoms with Crippen LogP contribution < -0.4 is 15.1 Å². The summed E-state index contributed by atoms with van der Waals surface area (Å²) in [6.45, 7) is 6.32. The minimum atomic E-state index is -0.199. The smallest absolute Gasteiger partial charge is 0.255 e. The molecule has 0 aromatic heterocycles. The number of carbonyl (C=O) groups excluding carboxylic acids is 1. The summed E-state index contributed by atoms with van der Waals surface area (Å²) in [4.78, 5) is 20.4. The van der Waals surface area contributed by atoms with Gasteiger partial charge < -0.3 is 15.1 Å². The quantitative estimate of drug-likeness (QED) is 0.843. The third kappa shape index (κ3) is 3.67. The van der Waals surface area contributed by atoms with Gasteiger partial charge in [0.2, 0.25) is 0 Å². The Kier molecular flexibility index (Phi) is 5.38. The van der Waals surface area contributed by atoms with E-state index in [9.17, 15) is 4.79 Å². The van der Waals surface area contributed by atoms with Crippen molar-refractivity contribution in [2.45, 2.75) is 37.8 Å². The molecule has 1 spiro atoms. The van der Waals surface area contributed by atoms with Crippen LogP contribution in [0.3, 0.4) is 0 Å². The maximum atomic E-state index is 12.8. The van der Waals surface area contributed by atoms with E-state index in [2.05, 4.69) is 62.5 Å². The Hall–Kier alpha value is -2.53. The fourth-order valence-electron chi connectivity index (χ4n) is 5.45. The van der Waals surface area contributed by atoms with Gasteiger partial charge in [-0.15, -0.1) is 0 Å². The zero-order chi connectivity index (χ0) is 20.4. The Balaban J connectivity index is 1.28. The van der Waals surface area contributed by atoms with Gasteiger partial charge in [-0.25, -0.2) is 0 Å². The summed E-state index contributed by atoms with van der Waals surface area (Å²) in [5.74, 6) is 0.0974. The number of nitrogens with one attached hydrogen (secondary N) is 1. The molecule has 5 heteroatoms. The lowest BCUT2D eigenvalue weighted by molar-refractivity contribution is 0.0839. The maximum Gasteiger partial charge on any atom is 0.255 e. The summed E-state index contributed by atoms with van der Waals surface area (Å²) in [6.07, 6.45) is 5.75. The highest BCUT2D eigenvalue weighted by molar-refractivity contribution is 6.02. The Labute approximate surface area is 179 Å². The van der Waals surface area contributed by atoms with Gasteiger partial charge in [-0.1, -0.05) is 36.8 Å². The van der Waals surface area contributed by atoms with E-state index in [1.165, 1.54) is 24.9 Å². The Bertz CT molecular complexity index is 870. The molecule has 0 radical (unpaired) electrons. The zero-order valence-electron chi connectivity index (χ0n) is 17.7. The van der Waals surface area contributed by atoms with Gasteiger partial charge >= 0.3 is 0 Å². The van der Waals surface area contributed by atoms with Crippen LogP contribution in [0.4, 0.5) is 11.4 Å². The number of benzene rings is 2. The largest absolute Gasteiger partial charge is 0.369 e. The third-order valence-electron chi connectivity index (χ3n) is 7.12. The first kappa shape index (κ1) is 19.4. The molecule has 5 nitrogen and oxygen atoms in total. The van der Waals surface area contributed by atoms with Crippen molar-refractivity contribution in [1.29, 1.82) is 0 Å². The van der Waals surface area contributed by atoms with Gasteiger partial charge in [0, 0.05) is 45.0 Å². The lowest BCUT2D eigenvalue weighted by Gasteiger charge is -2.52. The molecule has 0 bridgehead atoms. The first-order valence-corrected chi connectivity index (χ1v) is 11.5. The van der Waals surface area contributed by atoms with E-state index in [1.54, 1.807) is 0 Å². The summed E-state index contributed by atoms with van der Waals surface area (Å²) < 4.78 is 0. The normalized spacial score (nSPS) is 21.4. The number of carbonyl (C=O) groups is 1. The molecule has 2 fully saturated rings. The molecule has 1 saturated carbocycles. The third-order valence-corrected chi connectivity index (χ3v) is 7.12. The molecule has 2 aliphatic heterocycles. The van der Waals surface area contributed by atoms with Crippen molar-refractivity contribution >= 4 is 17.3 Å². The molecular formula is C25H32N4O. The van der Waals surface area contributed by atoms with Gasteiger partial charge in [-0.3, -0.25) is 9.69 Å². The van der Waals surface area contributed by atoms with Crippen LogP contribution in [-0.4, -0.2) is 55.7 Å². The van der Waals surface area contributed by atoms with Crippen molar-refractivity contribution in [3.8, 4) is 0 Å². The Morgan fingerprint density at radius 1 is 0.800 bits per heavy atom. The average Bonchev–Trinajstić information content (AvgIpc) is 2.80. The van der Waals surface area contributed by atoms with Gasteiger partial charge in [0.1, 0.15) is 5.66 Å². The molecule has 1 saturated heterocycles. The van der Waals surface area contributed by atoms with Gasteiger partial charge in [0.05, 0.1) is 11.3 Å². The second-order valence-electron chi connectivity index (χ2n) is 8.88. The topological polar surface area (TPSA) is 38.8 Å². The molecular weight excluding hydrogens is 372 g/mol. The number of fused-ring (bicyclic) bond motifs is 1. The number of piperazine rings is 1. The lowest BCUT2D eigenvalue weighted by Crippen LogP contribution is -2.66. The number of para-hydroxylation sites is 2. The Morgan fingerprint density at radius 3 is 2.27 bits per heavy atom. The molecule has 1 amide bonds. The van der Waals surface area contributed by atoms with Crippen LogP contribution in [0.5, 0.6) is 0 Å². The van der Waals surface area contributed by atoms with Crippen LogP contribution in [0.1, 0.15) is 42.5 Å². The van der Waals surface area contributed by atoms with E-state index in [-0.39, 0.29) is 11.6 Å². The van der Waals surface area contributed by atoms with Crippen LogP contribution >= 0.6 is 0 Å². The first-order chi connectivity index (χ1) is 14.8. The van der Waals surface area contributed by atoms with Gasteiger partial charge in [-0.05, 0) is 49.9 Å². The molecule has 5 rings (SSSR count). The lowest BCUT2D eigenvalue weighted by atomic mass is 9.84. The number of nitrogens with zero attached hydrogens (tertiary/aromatic N) is 3. The van der Waals surface area contributed by atoms with E-state index in [4.69, 9.17) is 0 Å².